The Hall–Kier alpha value is -1.48. The van der Waals surface area contributed by atoms with Gasteiger partial charge in [-0.15, -0.1) is 0 Å². The van der Waals surface area contributed by atoms with Gasteiger partial charge in [0.2, 0.25) is 0 Å². The van der Waals surface area contributed by atoms with E-state index in [-0.39, 0.29) is 12.4 Å². The fraction of sp³-hybridized carbons (Fsp3) is 0.100. The van der Waals surface area contributed by atoms with Crippen molar-refractivity contribution >= 4 is 17.2 Å². The molecular formula is C10H7NO4W. The van der Waals surface area contributed by atoms with Gasteiger partial charge < -0.3 is 0 Å². The third-order valence-electron chi connectivity index (χ3n) is 2.17. The summed E-state index contributed by atoms with van der Waals surface area (Å²) < 4.78 is 14.4. The van der Waals surface area contributed by atoms with E-state index in [0.717, 1.165) is 19.6 Å². The summed E-state index contributed by atoms with van der Waals surface area (Å²) >= 11 is 0.980. The van der Waals surface area contributed by atoms with Crippen molar-refractivity contribution in [2.24, 2.45) is 3.50 Å². The van der Waals surface area contributed by atoms with E-state index in [4.69, 9.17) is 14.6 Å². The molecule has 0 radical (unpaired) electrons. The van der Waals surface area contributed by atoms with Gasteiger partial charge in [-0.05, 0) is 0 Å². The molecule has 1 aromatic carbocycles. The summed E-state index contributed by atoms with van der Waals surface area (Å²) in [6.07, 6.45) is 0. The van der Waals surface area contributed by atoms with Gasteiger partial charge in [-0.25, -0.2) is 0 Å². The van der Waals surface area contributed by atoms with Gasteiger partial charge in [0.15, 0.2) is 0 Å². The Morgan fingerprint density at radius 2 is 2.06 bits per heavy atom. The van der Waals surface area contributed by atoms with E-state index >= 15 is 0 Å². The molecule has 1 N–H and O–H groups in total. The average Bonchev–Trinajstić information content (AvgIpc) is 2.72. The molecule has 0 unspecified atom stereocenters. The molecule has 0 fully saturated rings. The second-order valence-electron chi connectivity index (χ2n) is 3.10. The van der Waals surface area contributed by atoms with Gasteiger partial charge in [0.25, 0.3) is 0 Å². The van der Waals surface area contributed by atoms with Crippen LogP contribution in [0.5, 0.6) is 11.5 Å². The van der Waals surface area contributed by atoms with Crippen molar-refractivity contribution in [2.45, 2.75) is 0 Å². The van der Waals surface area contributed by atoms with Crippen molar-refractivity contribution < 1.29 is 39.0 Å². The quantitative estimate of drug-likeness (QED) is 0.802. The van der Waals surface area contributed by atoms with E-state index in [9.17, 15) is 4.79 Å². The number of fused-ring (bicyclic) bond motifs is 1. The standard InChI is InChI=1S/C10H7NO4.W/c1-5(10(12)13)6-2-8-9(3-7(6)11)15-4-14-8;/h2-3H,1,4H2,(H,12,13);. The predicted octanol–water partition coefficient (Wildman–Crippen LogP) is 1.88. The fourth-order valence-electron chi connectivity index (χ4n) is 1.36. The van der Waals surface area contributed by atoms with Crippen LogP contribution in [-0.2, 0) is 24.4 Å². The van der Waals surface area contributed by atoms with E-state index in [1.807, 2.05) is 0 Å². The molecule has 16 heavy (non-hydrogen) atoms. The van der Waals surface area contributed by atoms with E-state index in [0.29, 0.717) is 22.7 Å². The van der Waals surface area contributed by atoms with Gasteiger partial charge in [-0.3, -0.25) is 0 Å². The molecular weight excluding hydrogens is 382 g/mol. The molecule has 6 heteroatoms. The van der Waals surface area contributed by atoms with Gasteiger partial charge in [0.1, 0.15) is 0 Å². The molecule has 0 amide bonds. The maximum atomic E-state index is 10.9. The molecule has 1 aliphatic rings. The van der Waals surface area contributed by atoms with Gasteiger partial charge in [-0.2, -0.15) is 0 Å². The van der Waals surface area contributed by atoms with Crippen LogP contribution < -0.4 is 9.47 Å². The number of carboxylic acid groups (broad SMARTS) is 1. The Morgan fingerprint density at radius 1 is 1.44 bits per heavy atom. The third-order valence-corrected chi connectivity index (χ3v) is 2.88. The Kier molecular flexibility index (Phi) is 2.88. The predicted molar refractivity (Wildman–Crippen MR) is 51.3 cm³/mol. The van der Waals surface area contributed by atoms with Crippen molar-refractivity contribution in [1.82, 2.24) is 0 Å². The van der Waals surface area contributed by atoms with Gasteiger partial charge in [0, 0.05) is 0 Å². The first-order valence-corrected chi connectivity index (χ1v) is 5.64. The minimum absolute atomic E-state index is 0.00157. The summed E-state index contributed by atoms with van der Waals surface area (Å²) in [7, 11) is 0. The Morgan fingerprint density at radius 3 is 2.62 bits per heavy atom. The molecule has 5 nitrogen and oxygen atoms in total. The normalized spacial score (nSPS) is 12.2. The summed E-state index contributed by atoms with van der Waals surface area (Å²) in [5.74, 6) is 0.0421. The summed E-state index contributed by atoms with van der Waals surface area (Å²) in [5, 5.41) is 8.90. The molecule has 1 aliphatic heterocycles. The number of benzene rings is 1. The van der Waals surface area contributed by atoms with Crippen molar-refractivity contribution in [3.05, 3.63) is 24.3 Å². The summed E-state index contributed by atoms with van der Waals surface area (Å²) in [6, 6.07) is 3.26. The number of rotatable bonds is 3. The van der Waals surface area contributed by atoms with Crippen LogP contribution >= 0.6 is 0 Å². The topological polar surface area (TPSA) is 68.1 Å². The van der Waals surface area contributed by atoms with Gasteiger partial charge in [-0.1, -0.05) is 0 Å². The van der Waals surface area contributed by atoms with Crippen LogP contribution in [0.1, 0.15) is 5.56 Å². The third kappa shape index (κ3) is 1.78. The van der Waals surface area contributed by atoms with E-state index in [1.165, 1.54) is 0 Å². The van der Waals surface area contributed by atoms with Crippen LogP contribution in [0.3, 0.4) is 0 Å². The van der Waals surface area contributed by atoms with E-state index in [1.54, 1.807) is 12.1 Å². The average molecular weight is 389 g/mol. The second kappa shape index (κ2) is 4.18. The molecule has 0 saturated carbocycles. The molecule has 1 heterocycles. The summed E-state index contributed by atoms with van der Waals surface area (Å²) in [6.45, 7) is 3.66. The first-order valence-electron chi connectivity index (χ1n) is 4.33. The van der Waals surface area contributed by atoms with Crippen molar-refractivity contribution in [1.29, 1.82) is 0 Å². The number of nitrogens with zero attached hydrogens (tertiary/aromatic N) is 1. The van der Waals surface area contributed by atoms with Crippen LogP contribution in [0.4, 0.5) is 5.69 Å². The molecule has 0 aliphatic carbocycles. The Bertz CT molecular complexity index is 498. The number of hydrogen-bond acceptors (Lipinski definition) is 4. The zero-order valence-corrected chi connectivity index (χ0v) is 11.0. The molecule has 0 spiro atoms. The van der Waals surface area contributed by atoms with Crippen LogP contribution in [0.2, 0.25) is 0 Å². The van der Waals surface area contributed by atoms with Gasteiger partial charge >= 0.3 is 102 Å². The number of carboxylic acids is 1. The molecule has 0 bridgehead atoms. The molecule has 0 saturated heterocycles. The first-order chi connectivity index (χ1) is 7.63. The summed E-state index contributed by atoms with van der Waals surface area (Å²) in [4.78, 5) is 10.9. The SMILES string of the molecule is C=C(C(=O)O)c1cc2c(cc1[N]=[W])OCO2. The minimum atomic E-state index is -1.07. The molecule has 0 aromatic heterocycles. The Labute approximate surface area is 102 Å². The fourth-order valence-corrected chi connectivity index (χ4v) is 1.91. The van der Waals surface area contributed by atoms with Crippen molar-refractivity contribution in [3.8, 4) is 11.5 Å². The zero-order chi connectivity index (χ0) is 11.7. The van der Waals surface area contributed by atoms with E-state index in [2.05, 4.69) is 10.1 Å². The second-order valence-corrected chi connectivity index (χ2v) is 3.75. The van der Waals surface area contributed by atoms with Gasteiger partial charge in [0.05, 0.1) is 0 Å². The molecule has 0 atom stereocenters. The van der Waals surface area contributed by atoms with Crippen molar-refractivity contribution in [2.75, 3.05) is 6.79 Å². The van der Waals surface area contributed by atoms with E-state index < -0.39 is 5.97 Å². The van der Waals surface area contributed by atoms with Crippen LogP contribution in [-0.4, -0.2) is 17.9 Å². The number of aliphatic carboxylic acids is 1. The maximum absolute atomic E-state index is 10.9. The number of ether oxygens (including phenoxy) is 2. The Balaban J connectivity index is 2.56. The molecule has 1 aromatic rings. The van der Waals surface area contributed by atoms with Crippen molar-refractivity contribution in [3.63, 3.8) is 0 Å². The molecule has 82 valence electrons. The van der Waals surface area contributed by atoms with Crippen LogP contribution in [0.15, 0.2) is 22.2 Å². The van der Waals surface area contributed by atoms with Crippen LogP contribution in [0, 0.1) is 0 Å². The summed E-state index contributed by atoms with van der Waals surface area (Å²) in [5.41, 5.74) is 1.02. The first kappa shape index (κ1) is 11.0. The van der Waals surface area contributed by atoms with Crippen LogP contribution in [0.25, 0.3) is 5.57 Å². The zero-order valence-electron chi connectivity index (χ0n) is 8.10. The molecule has 2 rings (SSSR count). The number of hydrogen-bond donors (Lipinski definition) is 1. The number of carbonyl (C=O) groups is 1. The monoisotopic (exact) mass is 389 g/mol.